The van der Waals surface area contributed by atoms with Crippen molar-refractivity contribution >= 4 is 55.7 Å². The number of rotatable bonds is 20. The Kier molecular flexibility index (Phi) is 13.5. The van der Waals surface area contributed by atoms with Crippen molar-refractivity contribution in [2.24, 2.45) is 11.5 Å². The number of benzene rings is 2. The van der Waals surface area contributed by atoms with E-state index in [0.29, 0.717) is 111 Å². The summed E-state index contributed by atoms with van der Waals surface area (Å²) in [6, 6.07) is 10.9. The fourth-order valence-electron chi connectivity index (χ4n) is 9.01. The van der Waals surface area contributed by atoms with Gasteiger partial charge in [0.05, 0.1) is 48.8 Å². The van der Waals surface area contributed by atoms with Gasteiger partial charge in [-0.2, -0.15) is 10.2 Å². The van der Waals surface area contributed by atoms with Crippen LogP contribution in [-0.4, -0.2) is 125 Å². The summed E-state index contributed by atoms with van der Waals surface area (Å²) in [5, 5.41) is 12.3. The van der Waals surface area contributed by atoms with Gasteiger partial charge in [0, 0.05) is 111 Å². The van der Waals surface area contributed by atoms with Crippen LogP contribution in [0.5, 0.6) is 11.5 Å². The lowest BCUT2D eigenvalue weighted by molar-refractivity contribution is 0.0358. The molecule has 19 nitrogen and oxygen atoms in total. The number of fused-ring (bicyclic) bond motifs is 6. The molecule has 6 aromatic heterocycles. The maximum Gasteiger partial charge on any atom is 0.248 e. The van der Waals surface area contributed by atoms with Crippen LogP contribution in [0.25, 0.3) is 66.9 Å². The largest absolute Gasteiger partial charge is 0.491 e. The molecular formula is C49H57N13O6. The maximum absolute atomic E-state index is 12.8. The Morgan fingerprint density at radius 1 is 0.676 bits per heavy atom. The van der Waals surface area contributed by atoms with E-state index in [1.54, 1.807) is 43.8 Å². The molecule has 0 saturated carbocycles. The molecule has 68 heavy (non-hydrogen) atoms. The number of primary amides is 2. The van der Waals surface area contributed by atoms with Crippen LogP contribution in [0.3, 0.4) is 0 Å². The minimum atomic E-state index is -0.579. The number of hydrogen-bond acceptors (Lipinski definition) is 13. The summed E-state index contributed by atoms with van der Waals surface area (Å²) in [7, 11) is 1.65. The first-order valence-electron chi connectivity index (χ1n) is 23.1. The summed E-state index contributed by atoms with van der Waals surface area (Å²) >= 11 is 0. The first-order valence-corrected chi connectivity index (χ1v) is 23.1. The van der Waals surface area contributed by atoms with Gasteiger partial charge in [0.2, 0.25) is 11.8 Å². The number of nitrogens with two attached hydrogens (primary N) is 2. The number of aryl methyl sites for hydroxylation is 4. The summed E-state index contributed by atoms with van der Waals surface area (Å²) in [5.74, 6) is 0.898. The molecule has 0 spiro atoms. The van der Waals surface area contributed by atoms with Gasteiger partial charge in [-0.25, -0.2) is 19.9 Å². The molecule has 1 fully saturated rings. The highest BCUT2D eigenvalue weighted by Crippen LogP contribution is 2.38. The summed E-state index contributed by atoms with van der Waals surface area (Å²) in [6.07, 6.45) is 9.12. The van der Waals surface area contributed by atoms with E-state index < -0.39 is 11.8 Å². The fourth-order valence-corrected chi connectivity index (χ4v) is 9.01. The summed E-state index contributed by atoms with van der Waals surface area (Å²) in [6.45, 7) is 15.3. The van der Waals surface area contributed by atoms with E-state index in [9.17, 15) is 9.59 Å². The molecule has 1 aliphatic heterocycles. The lowest BCUT2D eigenvalue weighted by Crippen LogP contribution is -2.37. The van der Waals surface area contributed by atoms with Crippen molar-refractivity contribution in [2.75, 3.05) is 59.8 Å². The zero-order chi connectivity index (χ0) is 47.5. The average Bonchev–Trinajstić information content (AvgIpc) is 4.10. The monoisotopic (exact) mass is 923 g/mol. The third-order valence-electron chi connectivity index (χ3n) is 12.2. The molecule has 1 saturated heterocycles. The molecule has 0 bridgehead atoms. The number of aromatic nitrogens is 10. The van der Waals surface area contributed by atoms with Crippen molar-refractivity contribution in [1.82, 2.24) is 53.5 Å². The fraction of sp³-hybridized carbons (Fsp3) is 0.388. The van der Waals surface area contributed by atoms with E-state index in [0.717, 1.165) is 81.4 Å². The number of nitrogens with zero attached hydrogens (tertiary/aromatic N) is 11. The van der Waals surface area contributed by atoms with Gasteiger partial charge < -0.3 is 39.5 Å². The Bertz CT molecular complexity index is 3190. The highest BCUT2D eigenvalue weighted by Gasteiger charge is 2.24. The molecule has 8 aromatic rings. The predicted octanol–water partition coefficient (Wildman–Crippen LogP) is 5.84. The molecule has 9 rings (SSSR count). The molecule has 2 aromatic carbocycles. The van der Waals surface area contributed by atoms with E-state index in [2.05, 4.69) is 36.4 Å². The van der Waals surface area contributed by atoms with Gasteiger partial charge in [0.25, 0.3) is 0 Å². The van der Waals surface area contributed by atoms with Crippen molar-refractivity contribution in [3.05, 3.63) is 83.5 Å². The molecule has 2 amide bonds. The second kappa shape index (κ2) is 19.9. The third kappa shape index (κ3) is 9.11. The predicted molar refractivity (Wildman–Crippen MR) is 259 cm³/mol. The van der Waals surface area contributed by atoms with Gasteiger partial charge in [-0.1, -0.05) is 12.2 Å². The molecule has 0 radical (unpaired) electrons. The maximum atomic E-state index is 12.8. The number of ether oxygens (including phenoxy) is 4. The molecule has 354 valence electrons. The van der Waals surface area contributed by atoms with E-state index in [1.165, 1.54) is 0 Å². The number of carbonyl (C=O) groups is 2. The van der Waals surface area contributed by atoms with E-state index in [-0.39, 0.29) is 0 Å². The standard InChI is InChI=1S/C49H57N13O6/c1-6-61-38(22-30(3)56-61)46-52-28-36-34-24-32(44(50)63)26-40(67-18-10-12-58-15-20-66-21-16-58)42(34)59(48(36)54-46)13-8-9-14-60-43-35(25-33(45(51)64)27-41(43)68-19-11-17-65-5)37-29-53-47(55-49(37)60)39-23-31(4)57-62(39)7-2/h8-9,22-29H,6-7,10-21H2,1-5H3,(H2,50,63)(H2,51,64)/b9-8+. The van der Waals surface area contributed by atoms with Gasteiger partial charge in [-0.05, 0) is 70.5 Å². The molecule has 0 unspecified atom stereocenters. The average molecular weight is 924 g/mol. The van der Waals surface area contributed by atoms with Crippen LogP contribution in [0.1, 0.15) is 58.8 Å². The van der Waals surface area contributed by atoms with Gasteiger partial charge in [-0.15, -0.1) is 0 Å². The topological polar surface area (TPSA) is 223 Å². The molecule has 4 N–H and O–H groups in total. The highest BCUT2D eigenvalue weighted by atomic mass is 16.5. The van der Waals surface area contributed by atoms with Crippen LogP contribution in [0, 0.1) is 13.8 Å². The summed E-state index contributed by atoms with van der Waals surface area (Å²) < 4.78 is 31.8. The molecule has 19 heteroatoms. The Labute approximate surface area is 392 Å². The summed E-state index contributed by atoms with van der Waals surface area (Å²) in [4.78, 5) is 47.9. The molecule has 0 atom stereocenters. The lowest BCUT2D eigenvalue weighted by atomic mass is 10.1. The van der Waals surface area contributed by atoms with Crippen molar-refractivity contribution in [2.45, 2.75) is 66.7 Å². The lowest BCUT2D eigenvalue weighted by Gasteiger charge is -2.26. The van der Waals surface area contributed by atoms with E-state index >= 15 is 0 Å². The van der Waals surface area contributed by atoms with Crippen LogP contribution in [0.4, 0.5) is 0 Å². The van der Waals surface area contributed by atoms with Crippen molar-refractivity contribution in [3.8, 4) is 34.5 Å². The summed E-state index contributed by atoms with van der Waals surface area (Å²) in [5.41, 5.74) is 18.5. The Balaban J connectivity index is 1.16. The second-order valence-electron chi connectivity index (χ2n) is 16.8. The molecule has 1 aliphatic rings. The normalized spacial score (nSPS) is 13.5. The minimum Gasteiger partial charge on any atom is -0.491 e. The van der Waals surface area contributed by atoms with Crippen molar-refractivity contribution in [3.63, 3.8) is 0 Å². The number of carbonyl (C=O) groups excluding carboxylic acids is 2. The van der Waals surface area contributed by atoms with Gasteiger partial charge in [0.1, 0.15) is 34.2 Å². The van der Waals surface area contributed by atoms with Gasteiger partial charge in [0.15, 0.2) is 11.6 Å². The number of hydrogen-bond donors (Lipinski definition) is 2. The minimum absolute atomic E-state index is 0.307. The second-order valence-corrected chi connectivity index (χ2v) is 16.8. The quantitative estimate of drug-likeness (QED) is 0.0679. The Morgan fingerprint density at radius 2 is 1.16 bits per heavy atom. The van der Waals surface area contributed by atoms with E-state index in [4.69, 9.17) is 50.4 Å². The Hall–Kier alpha value is -7.22. The zero-order valence-electron chi connectivity index (χ0n) is 39.2. The smallest absolute Gasteiger partial charge is 0.248 e. The van der Waals surface area contributed by atoms with Crippen LogP contribution in [0.15, 0.2) is 60.9 Å². The number of amides is 2. The van der Waals surface area contributed by atoms with Gasteiger partial charge >= 0.3 is 0 Å². The third-order valence-corrected chi connectivity index (χ3v) is 12.2. The zero-order valence-corrected chi connectivity index (χ0v) is 39.2. The highest BCUT2D eigenvalue weighted by molar-refractivity contribution is 6.13. The van der Waals surface area contributed by atoms with Crippen molar-refractivity contribution < 1.29 is 28.5 Å². The van der Waals surface area contributed by atoms with Crippen molar-refractivity contribution in [1.29, 1.82) is 0 Å². The first kappa shape index (κ1) is 45.9. The Morgan fingerprint density at radius 3 is 1.62 bits per heavy atom. The SMILES string of the molecule is CCn1nc(C)cc1-c1ncc2c3cc(C(N)=O)cc(OCCCOC)c3n(C/C=C/Cn3c4nc(-c5cc(C)nn5CC)ncc4c4cc(C(N)=O)cc(OCCCN5CCOCC5)c43)c2n1. The number of methoxy groups -OCH3 is 1. The van der Waals surface area contributed by atoms with Crippen LogP contribution < -0.4 is 20.9 Å². The van der Waals surface area contributed by atoms with E-state index in [1.807, 2.05) is 49.2 Å². The molecular weight excluding hydrogens is 867 g/mol. The number of allylic oxidation sites excluding steroid dienone is 2. The first-order chi connectivity index (χ1) is 33.1. The molecule has 0 aliphatic carbocycles. The molecule has 7 heterocycles. The van der Waals surface area contributed by atoms with Gasteiger partial charge in [-0.3, -0.25) is 23.9 Å². The number of morpholine rings is 1. The van der Waals surface area contributed by atoms with Crippen LogP contribution in [-0.2, 0) is 35.7 Å². The van der Waals surface area contributed by atoms with Crippen LogP contribution in [0.2, 0.25) is 0 Å². The van der Waals surface area contributed by atoms with Crippen LogP contribution >= 0.6 is 0 Å².